The first-order valence-electron chi connectivity index (χ1n) is 8.42. The second kappa shape index (κ2) is 8.15. The molecule has 1 heterocycles. The predicted octanol–water partition coefficient (Wildman–Crippen LogP) is 1.12. The van der Waals surface area contributed by atoms with Gasteiger partial charge in [-0.05, 0) is 43.9 Å². The maximum atomic E-state index is 12.3. The molecule has 2 amide bonds. The maximum absolute atomic E-state index is 12.3. The Morgan fingerprint density at radius 3 is 2.92 bits per heavy atom. The lowest BCUT2D eigenvalue weighted by molar-refractivity contribution is -0.150. The fourth-order valence-electron chi connectivity index (χ4n) is 2.93. The van der Waals surface area contributed by atoms with Gasteiger partial charge in [0.05, 0.1) is 13.2 Å². The van der Waals surface area contributed by atoms with Crippen molar-refractivity contribution < 1.29 is 19.4 Å². The number of piperidine rings is 1. The number of nitrogens with one attached hydrogen (secondary N) is 1. The molecule has 6 heteroatoms. The summed E-state index contributed by atoms with van der Waals surface area (Å²) in [5, 5.41) is 13.3. The van der Waals surface area contributed by atoms with E-state index in [1.54, 1.807) is 0 Å². The molecule has 0 aromatic heterocycles. The molecular formula is C18H26N2O4. The first-order chi connectivity index (χ1) is 11.4. The van der Waals surface area contributed by atoms with Gasteiger partial charge in [0, 0.05) is 20.0 Å². The van der Waals surface area contributed by atoms with Crippen LogP contribution in [0.3, 0.4) is 0 Å². The van der Waals surface area contributed by atoms with Gasteiger partial charge in [0.1, 0.15) is 5.75 Å². The molecule has 132 valence electrons. The molecule has 0 aliphatic carbocycles. The summed E-state index contributed by atoms with van der Waals surface area (Å²) in [4.78, 5) is 25.3. The number of likely N-dealkylation sites (tertiary alicyclic amines) is 1. The topological polar surface area (TPSA) is 78.9 Å². The Morgan fingerprint density at radius 2 is 2.21 bits per heavy atom. The lowest BCUT2D eigenvalue weighted by atomic mass is 9.91. The Kier molecular flexibility index (Phi) is 6.20. The monoisotopic (exact) mass is 334 g/mol. The van der Waals surface area contributed by atoms with E-state index in [1.165, 1.54) is 11.8 Å². The van der Waals surface area contributed by atoms with Crippen molar-refractivity contribution in [2.75, 3.05) is 26.2 Å². The summed E-state index contributed by atoms with van der Waals surface area (Å²) < 4.78 is 5.45. The molecule has 0 radical (unpaired) electrons. The molecule has 24 heavy (non-hydrogen) atoms. The molecule has 2 rings (SSSR count). The van der Waals surface area contributed by atoms with Gasteiger partial charge in [-0.15, -0.1) is 0 Å². The highest BCUT2D eigenvalue weighted by Gasteiger charge is 2.40. The summed E-state index contributed by atoms with van der Waals surface area (Å²) in [5.41, 5.74) is -0.431. The van der Waals surface area contributed by atoms with Crippen LogP contribution in [0.2, 0.25) is 0 Å². The van der Waals surface area contributed by atoms with Crippen LogP contribution in [0.4, 0.5) is 0 Å². The SMILES string of the molecule is CCOc1cccc(CCNC(=O)[C@@]2(O)CCCN(C(C)=O)C2)c1. The van der Waals surface area contributed by atoms with Gasteiger partial charge in [0.2, 0.25) is 5.91 Å². The van der Waals surface area contributed by atoms with E-state index in [0.29, 0.717) is 39.0 Å². The van der Waals surface area contributed by atoms with Crippen molar-refractivity contribution in [1.82, 2.24) is 10.2 Å². The predicted molar refractivity (Wildman–Crippen MR) is 90.8 cm³/mol. The smallest absolute Gasteiger partial charge is 0.253 e. The van der Waals surface area contributed by atoms with Crippen molar-refractivity contribution in [3.8, 4) is 5.75 Å². The minimum absolute atomic E-state index is 0.0635. The number of hydrogen-bond acceptors (Lipinski definition) is 4. The van der Waals surface area contributed by atoms with E-state index in [4.69, 9.17) is 4.74 Å². The number of carbonyl (C=O) groups is 2. The summed E-state index contributed by atoms with van der Waals surface area (Å²) in [7, 11) is 0. The fraction of sp³-hybridized carbons (Fsp3) is 0.556. The van der Waals surface area contributed by atoms with Crippen LogP contribution in [-0.2, 0) is 16.0 Å². The first kappa shape index (κ1) is 18.3. The second-order valence-corrected chi connectivity index (χ2v) is 6.16. The average molecular weight is 334 g/mol. The normalized spacial score (nSPS) is 20.5. The average Bonchev–Trinajstić information content (AvgIpc) is 2.55. The zero-order valence-electron chi connectivity index (χ0n) is 14.4. The zero-order valence-corrected chi connectivity index (χ0v) is 14.4. The number of rotatable bonds is 6. The molecule has 1 atom stereocenters. The third kappa shape index (κ3) is 4.71. The Hall–Kier alpha value is -2.08. The molecule has 0 spiro atoms. The van der Waals surface area contributed by atoms with Gasteiger partial charge in [0.15, 0.2) is 5.60 Å². The molecule has 1 aromatic carbocycles. The van der Waals surface area contributed by atoms with E-state index in [-0.39, 0.29) is 12.5 Å². The summed E-state index contributed by atoms with van der Waals surface area (Å²) >= 11 is 0. The van der Waals surface area contributed by atoms with E-state index >= 15 is 0 Å². The van der Waals surface area contributed by atoms with Gasteiger partial charge in [-0.3, -0.25) is 9.59 Å². The van der Waals surface area contributed by atoms with Crippen LogP contribution in [0.15, 0.2) is 24.3 Å². The first-order valence-corrected chi connectivity index (χ1v) is 8.42. The molecule has 0 unspecified atom stereocenters. The van der Waals surface area contributed by atoms with E-state index in [2.05, 4.69) is 5.32 Å². The third-order valence-corrected chi connectivity index (χ3v) is 4.25. The number of hydrogen-bond donors (Lipinski definition) is 2. The van der Waals surface area contributed by atoms with Crippen LogP contribution < -0.4 is 10.1 Å². The molecule has 1 aliphatic rings. The van der Waals surface area contributed by atoms with Gasteiger partial charge in [-0.1, -0.05) is 12.1 Å². The van der Waals surface area contributed by atoms with E-state index in [1.807, 2.05) is 31.2 Å². The summed E-state index contributed by atoms with van der Waals surface area (Å²) in [6.07, 6.45) is 1.65. The quantitative estimate of drug-likeness (QED) is 0.817. The van der Waals surface area contributed by atoms with Crippen LogP contribution in [0.25, 0.3) is 0 Å². The third-order valence-electron chi connectivity index (χ3n) is 4.25. The number of amides is 2. The largest absolute Gasteiger partial charge is 0.494 e. The van der Waals surface area contributed by atoms with Crippen molar-refractivity contribution in [3.63, 3.8) is 0 Å². The number of β-amino-alcohol motifs (C(OH)–C–C–N with tert-alkyl or cyclic N) is 1. The van der Waals surface area contributed by atoms with Crippen molar-refractivity contribution in [3.05, 3.63) is 29.8 Å². The highest BCUT2D eigenvalue weighted by atomic mass is 16.5. The van der Waals surface area contributed by atoms with Gasteiger partial charge >= 0.3 is 0 Å². The number of benzene rings is 1. The maximum Gasteiger partial charge on any atom is 0.253 e. The highest BCUT2D eigenvalue weighted by molar-refractivity contribution is 5.86. The van der Waals surface area contributed by atoms with Crippen molar-refractivity contribution >= 4 is 11.8 Å². The molecule has 2 N–H and O–H groups in total. The minimum Gasteiger partial charge on any atom is -0.494 e. The lowest BCUT2D eigenvalue weighted by Crippen LogP contribution is -2.58. The molecule has 1 fully saturated rings. The standard InChI is InChI=1S/C18H26N2O4/c1-3-24-16-7-4-6-15(12-16)8-10-19-17(22)18(23)9-5-11-20(13-18)14(2)21/h4,6-7,12,23H,3,5,8-11,13H2,1-2H3,(H,19,22)/t18-/m1/s1. The van der Waals surface area contributed by atoms with Crippen molar-refractivity contribution in [1.29, 1.82) is 0 Å². The molecular weight excluding hydrogens is 308 g/mol. The van der Waals surface area contributed by atoms with Crippen LogP contribution in [0, 0.1) is 0 Å². The van der Waals surface area contributed by atoms with Gasteiger partial charge in [-0.2, -0.15) is 0 Å². The van der Waals surface area contributed by atoms with Gasteiger partial charge in [0.25, 0.3) is 5.91 Å². The highest BCUT2D eigenvalue weighted by Crippen LogP contribution is 2.21. The number of carbonyl (C=O) groups excluding carboxylic acids is 2. The number of nitrogens with zero attached hydrogens (tertiary/aromatic N) is 1. The summed E-state index contributed by atoms with van der Waals surface area (Å²) in [6, 6.07) is 7.73. The molecule has 0 bridgehead atoms. The van der Waals surface area contributed by atoms with E-state index in [0.717, 1.165) is 11.3 Å². The molecule has 0 saturated carbocycles. The Bertz CT molecular complexity index is 590. The second-order valence-electron chi connectivity index (χ2n) is 6.16. The molecule has 1 aliphatic heterocycles. The molecule has 1 aromatic rings. The van der Waals surface area contributed by atoms with Crippen LogP contribution >= 0.6 is 0 Å². The van der Waals surface area contributed by atoms with Crippen LogP contribution in [-0.4, -0.2) is 53.7 Å². The fourth-order valence-corrected chi connectivity index (χ4v) is 2.93. The number of aliphatic hydroxyl groups is 1. The van der Waals surface area contributed by atoms with Gasteiger partial charge < -0.3 is 20.1 Å². The Morgan fingerprint density at radius 1 is 1.42 bits per heavy atom. The molecule has 1 saturated heterocycles. The van der Waals surface area contributed by atoms with E-state index < -0.39 is 11.5 Å². The Balaban J connectivity index is 1.86. The Labute approximate surface area is 142 Å². The van der Waals surface area contributed by atoms with Crippen LogP contribution in [0.5, 0.6) is 5.75 Å². The lowest BCUT2D eigenvalue weighted by Gasteiger charge is -2.37. The number of ether oxygens (including phenoxy) is 1. The van der Waals surface area contributed by atoms with Gasteiger partial charge in [-0.25, -0.2) is 0 Å². The van der Waals surface area contributed by atoms with E-state index in [9.17, 15) is 14.7 Å². The molecule has 6 nitrogen and oxygen atoms in total. The van der Waals surface area contributed by atoms with Crippen molar-refractivity contribution in [2.45, 2.75) is 38.7 Å². The van der Waals surface area contributed by atoms with Crippen molar-refractivity contribution in [2.24, 2.45) is 0 Å². The minimum atomic E-state index is -1.49. The van der Waals surface area contributed by atoms with Crippen LogP contribution in [0.1, 0.15) is 32.3 Å². The summed E-state index contributed by atoms with van der Waals surface area (Å²) in [5.74, 6) is 0.285. The zero-order chi connectivity index (χ0) is 17.6. The summed E-state index contributed by atoms with van der Waals surface area (Å²) in [6.45, 7) is 5.08.